The quantitative estimate of drug-likeness (QED) is 0.576. The summed E-state index contributed by atoms with van der Waals surface area (Å²) in [5, 5.41) is 0. The average molecular weight is 424 g/mol. The van der Waals surface area contributed by atoms with Gasteiger partial charge in [-0.05, 0) is 46.1 Å². The van der Waals surface area contributed by atoms with Crippen molar-refractivity contribution >= 4 is 34.4 Å². The van der Waals surface area contributed by atoms with Crippen molar-refractivity contribution < 1.29 is 9.53 Å². The lowest BCUT2D eigenvalue weighted by Gasteiger charge is -2.19. The molecule has 4 nitrogen and oxygen atoms in total. The molecule has 0 aliphatic heterocycles. The van der Waals surface area contributed by atoms with Gasteiger partial charge in [0, 0.05) is 9.13 Å². The Kier molecular flexibility index (Phi) is 4.98. The first-order chi connectivity index (χ1) is 10.7. The Balaban J connectivity index is 2.55. The van der Waals surface area contributed by atoms with Crippen molar-refractivity contribution in [2.75, 3.05) is 12.8 Å². The maximum atomic E-state index is 11.9. The van der Waals surface area contributed by atoms with Crippen LogP contribution >= 0.6 is 22.6 Å². The molecule has 0 atom stereocenters. The van der Waals surface area contributed by atoms with Gasteiger partial charge in [0.15, 0.2) is 0 Å². The summed E-state index contributed by atoms with van der Waals surface area (Å²) in [6.45, 7) is 8.39. The number of methoxy groups -OCH3 is 1. The molecule has 0 radical (unpaired) electrons. The third kappa shape index (κ3) is 3.49. The molecule has 23 heavy (non-hydrogen) atoms. The lowest BCUT2D eigenvalue weighted by molar-refractivity contribution is 0.0600. The van der Waals surface area contributed by atoms with E-state index < -0.39 is 5.97 Å². The molecular formula is C18H21IN2O2. The third-order valence-corrected chi connectivity index (χ3v) is 5.13. The van der Waals surface area contributed by atoms with Crippen molar-refractivity contribution in [1.29, 1.82) is 0 Å². The van der Waals surface area contributed by atoms with Gasteiger partial charge in [-0.2, -0.15) is 0 Å². The molecule has 0 saturated carbocycles. The number of nitrogens with zero attached hydrogens (tertiary/aromatic N) is 1. The van der Waals surface area contributed by atoms with Gasteiger partial charge in [-0.1, -0.05) is 45.0 Å². The van der Waals surface area contributed by atoms with Crippen LogP contribution in [0.5, 0.6) is 0 Å². The molecule has 0 saturated heterocycles. The lowest BCUT2D eigenvalue weighted by Crippen LogP contribution is -2.12. The summed E-state index contributed by atoms with van der Waals surface area (Å²) in [6, 6.07) is 8.29. The van der Waals surface area contributed by atoms with Crippen LogP contribution in [0.15, 0.2) is 24.3 Å². The van der Waals surface area contributed by atoms with E-state index in [1.807, 2.05) is 19.1 Å². The van der Waals surface area contributed by atoms with Gasteiger partial charge < -0.3 is 10.5 Å². The molecular weight excluding hydrogens is 403 g/mol. The number of carbonyl (C=O) groups is 1. The highest BCUT2D eigenvalue weighted by atomic mass is 127. The molecule has 1 aromatic carbocycles. The van der Waals surface area contributed by atoms with Crippen LogP contribution in [0.1, 0.15) is 42.3 Å². The van der Waals surface area contributed by atoms with E-state index in [1.165, 1.54) is 12.7 Å². The van der Waals surface area contributed by atoms with Crippen LogP contribution in [0.3, 0.4) is 0 Å². The molecule has 122 valence electrons. The summed E-state index contributed by atoms with van der Waals surface area (Å²) < 4.78 is 5.69. The molecule has 1 heterocycles. The maximum Gasteiger partial charge on any atom is 0.341 e. The zero-order chi connectivity index (χ0) is 17.4. The number of nitrogen functional groups attached to an aromatic ring is 1. The number of carbonyl (C=O) groups excluding carboxylic acids is 1. The highest BCUT2D eigenvalue weighted by Crippen LogP contribution is 2.32. The molecule has 0 fully saturated rings. The SMILES string of the molecule is COC(=O)c1c(N)nc(-c2ccc(C(C)(C)C)cc2)c(I)c1C. The Labute approximate surface area is 150 Å². The number of rotatable bonds is 2. The van der Waals surface area contributed by atoms with Crippen LogP contribution in [-0.2, 0) is 10.2 Å². The van der Waals surface area contributed by atoms with Gasteiger partial charge in [0.25, 0.3) is 0 Å². The van der Waals surface area contributed by atoms with E-state index in [-0.39, 0.29) is 11.2 Å². The number of benzene rings is 1. The number of esters is 1. The predicted octanol–water partition coefficient (Wildman–Crippen LogP) is 4.33. The first-order valence-electron chi connectivity index (χ1n) is 7.31. The molecule has 0 aliphatic carbocycles. The summed E-state index contributed by atoms with van der Waals surface area (Å²) >= 11 is 2.20. The van der Waals surface area contributed by atoms with Crippen LogP contribution in [0.4, 0.5) is 5.82 Å². The molecule has 5 heteroatoms. The van der Waals surface area contributed by atoms with E-state index in [1.54, 1.807) is 0 Å². The highest BCUT2D eigenvalue weighted by Gasteiger charge is 2.21. The van der Waals surface area contributed by atoms with Crippen molar-refractivity contribution in [3.8, 4) is 11.3 Å². The first-order valence-corrected chi connectivity index (χ1v) is 8.39. The zero-order valence-corrected chi connectivity index (χ0v) is 16.2. The van der Waals surface area contributed by atoms with E-state index in [4.69, 9.17) is 10.5 Å². The Morgan fingerprint density at radius 2 is 1.78 bits per heavy atom. The molecule has 0 aliphatic rings. The molecule has 0 bridgehead atoms. The van der Waals surface area contributed by atoms with Crippen molar-refractivity contribution in [3.05, 3.63) is 44.5 Å². The number of nitrogens with two attached hydrogens (primary N) is 1. The van der Waals surface area contributed by atoms with E-state index in [2.05, 4.69) is 60.5 Å². The van der Waals surface area contributed by atoms with Gasteiger partial charge in [0.05, 0.1) is 12.8 Å². The minimum absolute atomic E-state index is 0.1000. The smallest absolute Gasteiger partial charge is 0.341 e. The molecule has 0 spiro atoms. The van der Waals surface area contributed by atoms with E-state index in [0.29, 0.717) is 5.56 Å². The largest absolute Gasteiger partial charge is 0.465 e. The molecule has 0 amide bonds. The van der Waals surface area contributed by atoms with Crippen LogP contribution in [-0.4, -0.2) is 18.1 Å². The van der Waals surface area contributed by atoms with Gasteiger partial charge in [-0.25, -0.2) is 9.78 Å². The van der Waals surface area contributed by atoms with Gasteiger partial charge in [0.1, 0.15) is 11.4 Å². The number of aromatic nitrogens is 1. The van der Waals surface area contributed by atoms with Crippen molar-refractivity contribution in [3.63, 3.8) is 0 Å². The molecule has 2 aromatic rings. The number of anilines is 1. The van der Waals surface area contributed by atoms with Crippen molar-refractivity contribution in [2.45, 2.75) is 33.1 Å². The summed E-state index contributed by atoms with van der Waals surface area (Å²) in [7, 11) is 1.34. The number of ether oxygens (including phenoxy) is 1. The summed E-state index contributed by atoms with van der Waals surface area (Å²) in [5.41, 5.74) is 10.2. The standard InChI is InChI=1S/C18H21IN2O2/c1-10-13(17(22)23-5)16(20)21-15(14(10)19)11-6-8-12(9-7-11)18(2,3)4/h6-9H,1-5H3,(H2,20,21). The Morgan fingerprint density at radius 3 is 2.26 bits per heavy atom. The van der Waals surface area contributed by atoms with Crippen LogP contribution in [0.2, 0.25) is 0 Å². The minimum Gasteiger partial charge on any atom is -0.465 e. The fourth-order valence-electron chi connectivity index (χ4n) is 2.38. The molecule has 2 N–H and O–H groups in total. The van der Waals surface area contributed by atoms with Crippen LogP contribution in [0.25, 0.3) is 11.3 Å². The maximum absolute atomic E-state index is 11.9. The van der Waals surface area contributed by atoms with E-state index >= 15 is 0 Å². The second-order valence-corrected chi connectivity index (χ2v) is 7.56. The van der Waals surface area contributed by atoms with Crippen LogP contribution in [0, 0.1) is 10.5 Å². The number of pyridine rings is 1. The minimum atomic E-state index is -0.458. The average Bonchev–Trinajstić information content (AvgIpc) is 2.50. The number of hydrogen-bond donors (Lipinski definition) is 1. The first kappa shape index (κ1) is 17.7. The summed E-state index contributed by atoms with van der Waals surface area (Å²) in [5.74, 6) is -0.260. The lowest BCUT2D eigenvalue weighted by atomic mass is 9.86. The Bertz CT molecular complexity index is 747. The van der Waals surface area contributed by atoms with Crippen LogP contribution < -0.4 is 5.73 Å². The van der Waals surface area contributed by atoms with Gasteiger partial charge in [-0.15, -0.1) is 0 Å². The summed E-state index contributed by atoms with van der Waals surface area (Å²) in [4.78, 5) is 16.3. The molecule has 0 unspecified atom stereocenters. The Morgan fingerprint density at radius 1 is 1.22 bits per heavy atom. The van der Waals surface area contributed by atoms with Gasteiger partial charge in [-0.3, -0.25) is 0 Å². The predicted molar refractivity (Wildman–Crippen MR) is 102 cm³/mol. The third-order valence-electron chi connectivity index (χ3n) is 3.81. The molecule has 2 rings (SSSR count). The second-order valence-electron chi connectivity index (χ2n) is 6.48. The van der Waals surface area contributed by atoms with Gasteiger partial charge >= 0.3 is 5.97 Å². The zero-order valence-electron chi connectivity index (χ0n) is 14.0. The van der Waals surface area contributed by atoms with E-state index in [0.717, 1.165) is 20.4 Å². The summed E-state index contributed by atoms with van der Waals surface area (Å²) in [6.07, 6.45) is 0. The Hall–Kier alpha value is -1.63. The van der Waals surface area contributed by atoms with E-state index in [9.17, 15) is 4.79 Å². The fraction of sp³-hybridized carbons (Fsp3) is 0.333. The van der Waals surface area contributed by atoms with Gasteiger partial charge in [0.2, 0.25) is 0 Å². The van der Waals surface area contributed by atoms with Crippen molar-refractivity contribution in [2.24, 2.45) is 0 Å². The monoisotopic (exact) mass is 424 g/mol. The highest BCUT2D eigenvalue weighted by molar-refractivity contribution is 14.1. The fourth-order valence-corrected chi connectivity index (χ4v) is 3.09. The van der Waals surface area contributed by atoms with Crippen molar-refractivity contribution in [1.82, 2.24) is 4.98 Å². The normalized spacial score (nSPS) is 11.4. The number of halogens is 1. The number of hydrogen-bond acceptors (Lipinski definition) is 4. The topological polar surface area (TPSA) is 65.2 Å². The second kappa shape index (κ2) is 6.47. The molecule has 1 aromatic heterocycles.